The highest BCUT2D eigenvalue weighted by molar-refractivity contribution is 7.20. The summed E-state index contributed by atoms with van der Waals surface area (Å²) >= 11 is 1.16. The van der Waals surface area contributed by atoms with Gasteiger partial charge in [-0.05, 0) is 31.9 Å². The van der Waals surface area contributed by atoms with Gasteiger partial charge >= 0.3 is 5.97 Å². The van der Waals surface area contributed by atoms with E-state index in [0.29, 0.717) is 52.7 Å². The SMILES string of the molecule is CCOC[C@@H](O)CN(Cc1ccccc1)Cc1nc2sc(C(=O)OCC)c(C)c2c(=O)[nH]1. The van der Waals surface area contributed by atoms with Crippen molar-refractivity contribution in [2.24, 2.45) is 0 Å². The molecule has 2 heterocycles. The lowest BCUT2D eigenvalue weighted by Gasteiger charge is -2.24. The fourth-order valence-corrected chi connectivity index (χ4v) is 4.59. The van der Waals surface area contributed by atoms with Crippen LogP contribution in [0, 0.1) is 6.92 Å². The molecule has 0 saturated carbocycles. The number of esters is 1. The second-order valence-corrected chi connectivity index (χ2v) is 8.44. The second kappa shape index (κ2) is 11.3. The molecule has 0 spiro atoms. The van der Waals surface area contributed by atoms with E-state index >= 15 is 0 Å². The normalized spacial score (nSPS) is 12.4. The van der Waals surface area contributed by atoms with E-state index in [1.165, 1.54) is 0 Å². The van der Waals surface area contributed by atoms with Gasteiger partial charge in [-0.1, -0.05) is 30.3 Å². The van der Waals surface area contributed by atoms with E-state index < -0.39 is 12.1 Å². The molecule has 0 aliphatic heterocycles. The van der Waals surface area contributed by atoms with Crippen LogP contribution in [0.15, 0.2) is 35.1 Å². The standard InChI is InChI=1S/C23H29N3O5S/c1-4-30-14-17(27)12-26(11-16-9-7-6-8-10-16)13-18-24-21(28)19-15(3)20(23(29)31-5-2)32-22(19)25-18/h6-10,17,27H,4-5,11-14H2,1-3H3,(H,24,25,28)/t17-/m0/s1. The van der Waals surface area contributed by atoms with Gasteiger partial charge in [-0.15, -0.1) is 11.3 Å². The van der Waals surface area contributed by atoms with Crippen LogP contribution in [0.5, 0.6) is 0 Å². The van der Waals surface area contributed by atoms with Crippen LogP contribution in [-0.4, -0.2) is 58.4 Å². The largest absolute Gasteiger partial charge is 0.462 e. The summed E-state index contributed by atoms with van der Waals surface area (Å²) in [5.74, 6) is 0.0254. The maximum atomic E-state index is 12.8. The van der Waals surface area contributed by atoms with Gasteiger partial charge < -0.3 is 19.6 Å². The number of thiophene rings is 1. The van der Waals surface area contributed by atoms with Crippen LogP contribution >= 0.6 is 11.3 Å². The van der Waals surface area contributed by atoms with Gasteiger partial charge in [0.1, 0.15) is 15.5 Å². The van der Waals surface area contributed by atoms with Crippen LogP contribution in [0.2, 0.25) is 0 Å². The third-order valence-electron chi connectivity index (χ3n) is 4.92. The number of aromatic amines is 1. The number of benzene rings is 1. The molecular weight excluding hydrogens is 430 g/mol. The first-order valence-corrected chi connectivity index (χ1v) is 11.5. The molecule has 1 aromatic carbocycles. The zero-order valence-corrected chi connectivity index (χ0v) is 19.4. The van der Waals surface area contributed by atoms with Crippen molar-refractivity contribution in [3.8, 4) is 0 Å². The average molecular weight is 460 g/mol. The van der Waals surface area contributed by atoms with Gasteiger partial charge in [-0.3, -0.25) is 9.69 Å². The third kappa shape index (κ3) is 6.01. The molecule has 1 atom stereocenters. The number of hydrogen-bond acceptors (Lipinski definition) is 8. The van der Waals surface area contributed by atoms with Gasteiger partial charge in [0.15, 0.2) is 0 Å². The Kier molecular flexibility index (Phi) is 8.52. The first kappa shape index (κ1) is 24.1. The molecule has 0 radical (unpaired) electrons. The van der Waals surface area contributed by atoms with E-state index in [2.05, 4.69) is 9.97 Å². The minimum absolute atomic E-state index is 0.234. The Morgan fingerprint density at radius 2 is 1.97 bits per heavy atom. The molecule has 32 heavy (non-hydrogen) atoms. The molecule has 8 nitrogen and oxygen atoms in total. The summed E-state index contributed by atoms with van der Waals surface area (Å²) in [5, 5.41) is 10.8. The van der Waals surface area contributed by atoms with Crippen molar-refractivity contribution in [1.29, 1.82) is 0 Å². The summed E-state index contributed by atoms with van der Waals surface area (Å²) in [7, 11) is 0. The zero-order chi connectivity index (χ0) is 23.1. The number of rotatable bonds is 11. The molecule has 2 N–H and O–H groups in total. The van der Waals surface area contributed by atoms with Crippen LogP contribution in [0.4, 0.5) is 0 Å². The molecule has 0 aliphatic carbocycles. The number of aryl methyl sites for hydroxylation is 1. The van der Waals surface area contributed by atoms with E-state index in [0.717, 1.165) is 16.9 Å². The predicted molar refractivity (Wildman–Crippen MR) is 124 cm³/mol. The van der Waals surface area contributed by atoms with Gasteiger partial charge in [-0.2, -0.15) is 0 Å². The molecule has 0 aliphatic rings. The number of aliphatic hydroxyl groups excluding tert-OH is 1. The lowest BCUT2D eigenvalue weighted by Crippen LogP contribution is -2.35. The van der Waals surface area contributed by atoms with Crippen LogP contribution < -0.4 is 5.56 Å². The zero-order valence-electron chi connectivity index (χ0n) is 18.6. The fraction of sp³-hybridized carbons (Fsp3) is 0.435. The van der Waals surface area contributed by atoms with Crippen molar-refractivity contribution in [2.45, 2.75) is 40.0 Å². The molecule has 2 aromatic heterocycles. The van der Waals surface area contributed by atoms with Crippen molar-refractivity contribution in [3.63, 3.8) is 0 Å². The lowest BCUT2D eigenvalue weighted by atomic mass is 10.2. The Labute approximate surface area is 190 Å². The molecule has 9 heteroatoms. The Balaban J connectivity index is 1.87. The molecule has 0 bridgehead atoms. The van der Waals surface area contributed by atoms with Crippen molar-refractivity contribution in [1.82, 2.24) is 14.9 Å². The number of ether oxygens (including phenoxy) is 2. The van der Waals surface area contributed by atoms with Gasteiger partial charge in [0, 0.05) is 19.7 Å². The molecule has 0 fully saturated rings. The molecule has 3 rings (SSSR count). The maximum absolute atomic E-state index is 12.8. The highest BCUT2D eigenvalue weighted by Gasteiger charge is 2.21. The highest BCUT2D eigenvalue weighted by Crippen LogP contribution is 2.27. The van der Waals surface area contributed by atoms with E-state index in [1.807, 2.05) is 42.2 Å². The minimum atomic E-state index is -0.673. The number of hydrogen-bond donors (Lipinski definition) is 2. The van der Waals surface area contributed by atoms with Crippen LogP contribution in [0.3, 0.4) is 0 Å². The number of fused-ring (bicyclic) bond motifs is 1. The van der Waals surface area contributed by atoms with Crippen molar-refractivity contribution in [3.05, 3.63) is 62.5 Å². The quantitative estimate of drug-likeness (QED) is 0.425. The second-order valence-electron chi connectivity index (χ2n) is 7.44. The Bertz CT molecular complexity index is 1100. The first-order chi connectivity index (χ1) is 15.4. The van der Waals surface area contributed by atoms with Gasteiger partial charge in [0.25, 0.3) is 5.56 Å². The van der Waals surface area contributed by atoms with E-state index in [-0.39, 0.29) is 18.8 Å². The third-order valence-corrected chi connectivity index (χ3v) is 6.08. The number of aliphatic hydroxyl groups is 1. The Morgan fingerprint density at radius 3 is 2.66 bits per heavy atom. The summed E-state index contributed by atoms with van der Waals surface area (Å²) in [6, 6.07) is 9.89. The van der Waals surface area contributed by atoms with E-state index in [1.54, 1.807) is 13.8 Å². The molecule has 0 unspecified atom stereocenters. The molecular formula is C23H29N3O5S. The number of nitrogens with zero attached hydrogens (tertiary/aromatic N) is 2. The van der Waals surface area contributed by atoms with Crippen molar-refractivity contribution in [2.75, 3.05) is 26.4 Å². The van der Waals surface area contributed by atoms with Crippen molar-refractivity contribution < 1.29 is 19.4 Å². The average Bonchev–Trinajstić information content (AvgIpc) is 3.10. The number of nitrogens with one attached hydrogen (secondary N) is 1. The Morgan fingerprint density at radius 1 is 1.22 bits per heavy atom. The van der Waals surface area contributed by atoms with Gasteiger partial charge in [0.2, 0.25) is 0 Å². The van der Waals surface area contributed by atoms with Gasteiger partial charge in [-0.25, -0.2) is 9.78 Å². The summed E-state index contributed by atoms with van der Waals surface area (Å²) in [4.78, 5) is 35.4. The smallest absolute Gasteiger partial charge is 0.348 e. The topological polar surface area (TPSA) is 105 Å². The number of carbonyl (C=O) groups excluding carboxylic acids is 1. The van der Waals surface area contributed by atoms with E-state index in [4.69, 9.17) is 9.47 Å². The number of aromatic nitrogens is 2. The van der Waals surface area contributed by atoms with Crippen LogP contribution in [0.25, 0.3) is 10.2 Å². The van der Waals surface area contributed by atoms with Crippen LogP contribution in [0.1, 0.15) is 40.5 Å². The first-order valence-electron chi connectivity index (χ1n) is 10.6. The highest BCUT2D eigenvalue weighted by atomic mass is 32.1. The fourth-order valence-electron chi connectivity index (χ4n) is 3.50. The molecule has 3 aromatic rings. The lowest BCUT2D eigenvalue weighted by molar-refractivity contribution is 0.0175. The summed E-state index contributed by atoms with van der Waals surface area (Å²) in [6.07, 6.45) is -0.673. The number of carbonyl (C=O) groups is 1. The molecule has 0 saturated heterocycles. The summed E-state index contributed by atoms with van der Waals surface area (Å²) in [6.45, 7) is 7.64. The molecule has 0 amide bonds. The molecule has 172 valence electrons. The van der Waals surface area contributed by atoms with E-state index in [9.17, 15) is 14.7 Å². The monoisotopic (exact) mass is 459 g/mol. The predicted octanol–water partition coefficient (Wildman–Crippen LogP) is 2.87. The number of H-pyrrole nitrogens is 1. The van der Waals surface area contributed by atoms with Crippen molar-refractivity contribution >= 4 is 27.5 Å². The summed E-state index contributed by atoms with van der Waals surface area (Å²) in [5.41, 5.74) is 1.37. The summed E-state index contributed by atoms with van der Waals surface area (Å²) < 4.78 is 10.4. The van der Waals surface area contributed by atoms with Crippen LogP contribution in [-0.2, 0) is 22.6 Å². The minimum Gasteiger partial charge on any atom is -0.462 e. The van der Waals surface area contributed by atoms with Gasteiger partial charge in [0.05, 0.1) is 31.2 Å². The maximum Gasteiger partial charge on any atom is 0.348 e. The Hall–Kier alpha value is -2.59.